The Balaban J connectivity index is 2.08. The lowest BCUT2D eigenvalue weighted by Crippen LogP contribution is -1.99. The van der Waals surface area contributed by atoms with Crippen LogP contribution in [0.25, 0.3) is 0 Å². The first kappa shape index (κ1) is 11.1. The quantitative estimate of drug-likeness (QED) is 0.748. The molecule has 2 rings (SSSR count). The number of rotatable bonds is 4. The van der Waals surface area contributed by atoms with Crippen molar-refractivity contribution in [2.45, 2.75) is 13.0 Å². The largest absolute Gasteiger partial charge is 0.333 e. The zero-order valence-electron chi connectivity index (χ0n) is 9.21. The molecular formula is C13H11N3O. The fraction of sp³-hybridized carbons (Fsp3) is 0.154. The topological polar surface area (TPSA) is 58.7 Å². The lowest BCUT2D eigenvalue weighted by atomic mass is 10.1. The molecule has 1 heterocycles. The van der Waals surface area contributed by atoms with E-state index in [0.29, 0.717) is 5.56 Å². The molecule has 0 saturated heterocycles. The van der Waals surface area contributed by atoms with Crippen LogP contribution in [-0.2, 0) is 6.54 Å². The molecule has 0 bridgehead atoms. The fourth-order valence-electron chi connectivity index (χ4n) is 1.56. The van der Waals surface area contributed by atoms with Gasteiger partial charge in [0.2, 0.25) is 0 Å². The maximum Gasteiger partial charge on any atom is 0.176 e. The number of Topliss-reactive ketones (excluding diaryl/α,β-unsaturated/α-hetero) is 1. The third kappa shape index (κ3) is 2.79. The number of benzene rings is 1. The summed E-state index contributed by atoms with van der Waals surface area (Å²) >= 11 is 0. The van der Waals surface area contributed by atoms with Gasteiger partial charge in [0.25, 0.3) is 0 Å². The molecule has 4 heteroatoms. The van der Waals surface area contributed by atoms with Crippen LogP contribution in [0.2, 0.25) is 0 Å². The van der Waals surface area contributed by atoms with Gasteiger partial charge in [-0.1, -0.05) is 24.3 Å². The molecule has 0 amide bonds. The van der Waals surface area contributed by atoms with Crippen molar-refractivity contribution in [2.24, 2.45) is 0 Å². The third-order valence-electron chi connectivity index (χ3n) is 2.44. The molecule has 0 atom stereocenters. The van der Waals surface area contributed by atoms with Gasteiger partial charge in [0.05, 0.1) is 18.8 Å². The first-order chi connectivity index (χ1) is 8.29. The summed E-state index contributed by atoms with van der Waals surface area (Å²) in [6.07, 6.45) is 5.29. The number of imidazole rings is 1. The summed E-state index contributed by atoms with van der Waals surface area (Å²) in [6, 6.07) is 9.15. The van der Waals surface area contributed by atoms with Crippen molar-refractivity contribution in [3.8, 4) is 6.07 Å². The molecule has 0 fully saturated rings. The highest BCUT2D eigenvalue weighted by atomic mass is 16.1. The van der Waals surface area contributed by atoms with Gasteiger partial charge in [0.1, 0.15) is 0 Å². The van der Waals surface area contributed by atoms with Gasteiger partial charge in [-0.25, -0.2) is 4.98 Å². The molecule has 17 heavy (non-hydrogen) atoms. The van der Waals surface area contributed by atoms with Crippen LogP contribution in [0.15, 0.2) is 43.0 Å². The minimum atomic E-state index is -0.137. The van der Waals surface area contributed by atoms with Crippen LogP contribution in [-0.4, -0.2) is 15.3 Å². The molecule has 0 N–H and O–H groups in total. The highest BCUT2D eigenvalue weighted by Crippen LogP contribution is 2.08. The molecule has 0 saturated carbocycles. The Labute approximate surface area is 99.1 Å². The number of ketones is 1. The average molecular weight is 225 g/mol. The summed E-state index contributed by atoms with van der Waals surface area (Å²) in [4.78, 5) is 15.4. The van der Waals surface area contributed by atoms with Gasteiger partial charge in [-0.3, -0.25) is 4.79 Å². The number of hydrogen-bond donors (Lipinski definition) is 0. The van der Waals surface area contributed by atoms with Crippen LogP contribution in [0.1, 0.15) is 22.3 Å². The number of hydrogen-bond acceptors (Lipinski definition) is 3. The van der Waals surface area contributed by atoms with Crippen molar-refractivity contribution in [1.82, 2.24) is 9.55 Å². The Bertz CT molecular complexity index is 535. The smallest absolute Gasteiger partial charge is 0.176 e. The molecule has 0 aliphatic heterocycles. The molecule has 4 nitrogen and oxygen atoms in total. The second kappa shape index (κ2) is 5.08. The normalized spacial score (nSPS) is 9.82. The summed E-state index contributed by atoms with van der Waals surface area (Å²) in [5.41, 5.74) is 1.68. The van der Waals surface area contributed by atoms with Gasteiger partial charge in [0.15, 0.2) is 5.78 Å². The number of carbonyl (C=O) groups excluding carboxylic acids is 1. The van der Waals surface area contributed by atoms with Crippen molar-refractivity contribution in [2.75, 3.05) is 0 Å². The number of carbonyl (C=O) groups is 1. The third-order valence-corrected chi connectivity index (χ3v) is 2.44. The van der Waals surface area contributed by atoms with Crippen molar-refractivity contribution in [3.05, 3.63) is 54.1 Å². The highest BCUT2D eigenvalue weighted by molar-refractivity contribution is 5.97. The molecule has 0 spiro atoms. The lowest BCUT2D eigenvalue weighted by molar-refractivity contribution is 0.0997. The zero-order chi connectivity index (χ0) is 12.1. The summed E-state index contributed by atoms with van der Waals surface area (Å²) in [5.74, 6) is -0.137. The Hall–Kier alpha value is -2.41. The monoisotopic (exact) mass is 225 g/mol. The Kier molecular flexibility index (Phi) is 3.31. The van der Waals surface area contributed by atoms with E-state index in [1.807, 2.05) is 29.0 Å². The van der Waals surface area contributed by atoms with E-state index in [1.54, 1.807) is 24.7 Å². The van der Waals surface area contributed by atoms with E-state index in [2.05, 4.69) is 4.98 Å². The second-order valence-electron chi connectivity index (χ2n) is 3.69. The van der Waals surface area contributed by atoms with E-state index in [1.165, 1.54) is 0 Å². The highest BCUT2D eigenvalue weighted by Gasteiger charge is 2.04. The molecule has 1 aromatic heterocycles. The van der Waals surface area contributed by atoms with Crippen molar-refractivity contribution in [1.29, 1.82) is 5.26 Å². The van der Waals surface area contributed by atoms with E-state index in [9.17, 15) is 4.79 Å². The summed E-state index contributed by atoms with van der Waals surface area (Å²) in [5, 5.41) is 8.44. The van der Waals surface area contributed by atoms with Gasteiger partial charge in [-0.15, -0.1) is 0 Å². The van der Waals surface area contributed by atoms with Crippen LogP contribution in [0, 0.1) is 11.3 Å². The predicted octanol–water partition coefficient (Wildman–Crippen LogP) is 2.03. The Morgan fingerprint density at radius 2 is 2.12 bits per heavy atom. The number of aromatic nitrogens is 2. The molecular weight excluding hydrogens is 214 g/mol. The van der Waals surface area contributed by atoms with Gasteiger partial charge in [-0.05, 0) is 5.56 Å². The molecule has 0 aliphatic carbocycles. The van der Waals surface area contributed by atoms with Crippen molar-refractivity contribution < 1.29 is 4.79 Å². The summed E-state index contributed by atoms with van der Waals surface area (Å²) in [6.45, 7) is 0.729. The SMILES string of the molecule is N#CCC(=O)c1ccc(Cn2ccnc2)cc1. The van der Waals surface area contributed by atoms with Gasteiger partial charge >= 0.3 is 0 Å². The molecule has 0 unspecified atom stereocenters. The fourth-order valence-corrected chi connectivity index (χ4v) is 1.56. The lowest BCUT2D eigenvalue weighted by Gasteiger charge is -2.03. The van der Waals surface area contributed by atoms with E-state index < -0.39 is 0 Å². The first-order valence-electron chi connectivity index (χ1n) is 5.24. The van der Waals surface area contributed by atoms with E-state index >= 15 is 0 Å². The predicted molar refractivity (Wildman–Crippen MR) is 62.3 cm³/mol. The molecule has 84 valence electrons. The molecule has 1 aromatic carbocycles. The maximum atomic E-state index is 11.4. The van der Waals surface area contributed by atoms with Crippen LogP contribution in [0.3, 0.4) is 0 Å². The zero-order valence-corrected chi connectivity index (χ0v) is 9.21. The van der Waals surface area contributed by atoms with Crippen LogP contribution in [0.5, 0.6) is 0 Å². The summed E-state index contributed by atoms with van der Waals surface area (Å²) in [7, 11) is 0. The van der Waals surface area contributed by atoms with E-state index in [4.69, 9.17) is 5.26 Å². The molecule has 2 aromatic rings. The van der Waals surface area contributed by atoms with Crippen LogP contribution < -0.4 is 0 Å². The molecule has 0 aliphatic rings. The number of nitriles is 1. The van der Waals surface area contributed by atoms with Gasteiger partial charge in [-0.2, -0.15) is 5.26 Å². The van der Waals surface area contributed by atoms with Crippen molar-refractivity contribution >= 4 is 5.78 Å². The van der Waals surface area contributed by atoms with Gasteiger partial charge in [0, 0.05) is 24.5 Å². The van der Waals surface area contributed by atoms with Crippen LogP contribution >= 0.6 is 0 Å². The Morgan fingerprint density at radius 3 is 2.71 bits per heavy atom. The van der Waals surface area contributed by atoms with Crippen molar-refractivity contribution in [3.63, 3.8) is 0 Å². The minimum absolute atomic E-state index is 0.0686. The second-order valence-corrected chi connectivity index (χ2v) is 3.69. The molecule has 0 radical (unpaired) electrons. The standard InChI is InChI=1S/C13H11N3O/c14-6-5-13(17)12-3-1-11(2-4-12)9-16-8-7-15-10-16/h1-4,7-8,10H,5,9H2. The Morgan fingerprint density at radius 1 is 1.35 bits per heavy atom. The van der Waals surface area contributed by atoms with E-state index in [-0.39, 0.29) is 12.2 Å². The van der Waals surface area contributed by atoms with Crippen LogP contribution in [0.4, 0.5) is 0 Å². The average Bonchev–Trinajstić information content (AvgIpc) is 2.83. The minimum Gasteiger partial charge on any atom is -0.333 e. The summed E-state index contributed by atoms with van der Waals surface area (Å²) < 4.78 is 1.95. The maximum absolute atomic E-state index is 11.4. The van der Waals surface area contributed by atoms with E-state index in [0.717, 1.165) is 12.1 Å². The van der Waals surface area contributed by atoms with Gasteiger partial charge < -0.3 is 4.57 Å². The first-order valence-corrected chi connectivity index (χ1v) is 5.24. The number of nitrogens with zero attached hydrogens (tertiary/aromatic N) is 3.